The van der Waals surface area contributed by atoms with E-state index in [-0.39, 0.29) is 12.5 Å². The summed E-state index contributed by atoms with van der Waals surface area (Å²) in [4.78, 5) is 22.3. The maximum Gasteiger partial charge on any atom is 0.332 e. The first-order valence-electron chi connectivity index (χ1n) is 5.35. The molecule has 0 saturated carbocycles. The number of hydrogen-bond donors (Lipinski definition) is 2. The van der Waals surface area contributed by atoms with Gasteiger partial charge in [0.15, 0.2) is 6.10 Å². The van der Waals surface area contributed by atoms with Gasteiger partial charge in [0, 0.05) is 0 Å². The molecule has 2 atom stereocenters. The summed E-state index contributed by atoms with van der Waals surface area (Å²) >= 11 is 0. The van der Waals surface area contributed by atoms with Gasteiger partial charge in [-0.1, -0.05) is 0 Å². The minimum absolute atomic E-state index is 0.281. The van der Waals surface area contributed by atoms with Crippen molar-refractivity contribution in [2.45, 2.75) is 31.6 Å². The molecule has 1 aliphatic heterocycles. The van der Waals surface area contributed by atoms with E-state index in [4.69, 9.17) is 14.3 Å². The lowest BCUT2D eigenvalue weighted by Gasteiger charge is -2.10. The second-order valence-corrected chi connectivity index (χ2v) is 3.83. The Labute approximate surface area is 97.6 Å². The molecule has 17 heavy (non-hydrogen) atoms. The zero-order valence-corrected chi connectivity index (χ0v) is 9.09. The maximum atomic E-state index is 11.6. The number of carboxylic acid groups (broad SMARTS) is 1. The van der Waals surface area contributed by atoms with Crippen molar-refractivity contribution >= 4 is 11.9 Å². The fourth-order valence-electron chi connectivity index (χ4n) is 1.71. The molecule has 0 aromatic carbocycles. The van der Waals surface area contributed by atoms with Crippen LogP contribution in [-0.4, -0.2) is 29.2 Å². The van der Waals surface area contributed by atoms with Crippen molar-refractivity contribution in [3.05, 3.63) is 24.2 Å². The predicted molar refractivity (Wildman–Crippen MR) is 56.1 cm³/mol. The molecule has 0 aliphatic carbocycles. The van der Waals surface area contributed by atoms with Crippen molar-refractivity contribution in [2.75, 3.05) is 0 Å². The highest BCUT2D eigenvalue weighted by Gasteiger charge is 2.34. The van der Waals surface area contributed by atoms with Crippen LogP contribution in [0.25, 0.3) is 0 Å². The van der Waals surface area contributed by atoms with Crippen molar-refractivity contribution in [2.24, 2.45) is 0 Å². The zero-order valence-electron chi connectivity index (χ0n) is 9.09. The highest BCUT2D eigenvalue weighted by Crippen LogP contribution is 2.20. The quantitative estimate of drug-likeness (QED) is 0.800. The number of amides is 1. The lowest BCUT2D eigenvalue weighted by Crippen LogP contribution is -2.35. The summed E-state index contributed by atoms with van der Waals surface area (Å²) in [5, 5.41) is 11.4. The largest absolute Gasteiger partial charge is 0.479 e. The molecule has 1 aromatic heterocycles. The van der Waals surface area contributed by atoms with Crippen LogP contribution in [0.2, 0.25) is 0 Å². The Hall–Kier alpha value is -1.82. The molecule has 0 unspecified atom stereocenters. The number of furan rings is 1. The normalized spacial score (nSPS) is 23.5. The van der Waals surface area contributed by atoms with Gasteiger partial charge in [-0.15, -0.1) is 0 Å². The first-order chi connectivity index (χ1) is 8.16. The van der Waals surface area contributed by atoms with Crippen molar-refractivity contribution in [1.29, 1.82) is 0 Å². The number of nitrogens with one attached hydrogen (secondary N) is 1. The molecule has 1 saturated heterocycles. The minimum atomic E-state index is -1.02. The van der Waals surface area contributed by atoms with Crippen LogP contribution in [0, 0.1) is 0 Å². The molecule has 1 amide bonds. The molecule has 1 aromatic rings. The summed E-state index contributed by atoms with van der Waals surface area (Å²) in [6.07, 6.45) is 0.781. The van der Waals surface area contributed by atoms with Crippen molar-refractivity contribution < 1.29 is 23.8 Å². The summed E-state index contributed by atoms with van der Waals surface area (Å²) in [6.45, 7) is 0.281. The molecule has 2 heterocycles. The number of aliphatic carboxylic acids is 1. The number of ether oxygens (including phenoxy) is 1. The third-order valence-electron chi connectivity index (χ3n) is 2.60. The van der Waals surface area contributed by atoms with E-state index in [9.17, 15) is 9.59 Å². The Morgan fingerprint density at radius 2 is 2.18 bits per heavy atom. The Bertz CT molecular complexity index is 400. The second-order valence-electron chi connectivity index (χ2n) is 3.83. The van der Waals surface area contributed by atoms with Crippen LogP contribution < -0.4 is 5.32 Å². The van der Waals surface area contributed by atoms with Gasteiger partial charge in [0.2, 0.25) is 5.91 Å². The van der Waals surface area contributed by atoms with Gasteiger partial charge in [0.05, 0.1) is 12.8 Å². The lowest BCUT2D eigenvalue weighted by atomic mass is 10.2. The van der Waals surface area contributed by atoms with E-state index < -0.39 is 18.2 Å². The molecule has 0 radical (unpaired) electrons. The topological polar surface area (TPSA) is 88.8 Å². The van der Waals surface area contributed by atoms with Gasteiger partial charge in [0.25, 0.3) is 0 Å². The van der Waals surface area contributed by atoms with E-state index in [2.05, 4.69) is 5.32 Å². The van der Waals surface area contributed by atoms with Crippen molar-refractivity contribution in [3.8, 4) is 0 Å². The Balaban J connectivity index is 1.79. The van der Waals surface area contributed by atoms with E-state index in [0.29, 0.717) is 18.6 Å². The van der Waals surface area contributed by atoms with Crippen molar-refractivity contribution in [1.82, 2.24) is 5.32 Å². The Morgan fingerprint density at radius 3 is 2.76 bits per heavy atom. The zero-order chi connectivity index (χ0) is 12.3. The maximum absolute atomic E-state index is 11.6. The van der Waals surface area contributed by atoms with Gasteiger partial charge in [0.1, 0.15) is 11.9 Å². The molecule has 2 rings (SSSR count). The average Bonchev–Trinajstić information content (AvgIpc) is 2.96. The summed E-state index contributed by atoms with van der Waals surface area (Å²) in [5.74, 6) is -0.678. The van der Waals surface area contributed by atoms with E-state index in [1.807, 2.05) is 0 Å². The first-order valence-corrected chi connectivity index (χ1v) is 5.35. The summed E-state index contributed by atoms with van der Waals surface area (Å²) in [7, 11) is 0. The van der Waals surface area contributed by atoms with E-state index >= 15 is 0 Å². The van der Waals surface area contributed by atoms with Crippen LogP contribution in [0.3, 0.4) is 0 Å². The van der Waals surface area contributed by atoms with Gasteiger partial charge in [-0.05, 0) is 25.0 Å². The van der Waals surface area contributed by atoms with Crippen LogP contribution >= 0.6 is 0 Å². The molecule has 2 N–H and O–H groups in total. The standard InChI is InChI=1S/C11H13NO5/c13-10(12-6-7-2-1-5-16-7)8-3-4-9(17-8)11(14)15/h1-2,5,8-9H,3-4,6H2,(H,12,13)(H,14,15)/t8-,9+/m0/s1. The fraction of sp³-hybridized carbons (Fsp3) is 0.455. The molecule has 0 bridgehead atoms. The second kappa shape index (κ2) is 5.01. The molecular formula is C11H13NO5. The minimum Gasteiger partial charge on any atom is -0.479 e. The van der Waals surface area contributed by atoms with E-state index in [1.54, 1.807) is 12.1 Å². The predicted octanol–water partition coefficient (Wildman–Crippen LogP) is 0.528. The van der Waals surface area contributed by atoms with Crippen LogP contribution in [-0.2, 0) is 20.9 Å². The number of rotatable bonds is 4. The van der Waals surface area contributed by atoms with Crippen molar-refractivity contribution in [3.63, 3.8) is 0 Å². The van der Waals surface area contributed by atoms with Gasteiger partial charge in [-0.3, -0.25) is 4.79 Å². The summed E-state index contributed by atoms with van der Waals surface area (Å²) in [5.41, 5.74) is 0. The number of carboxylic acids is 1. The van der Waals surface area contributed by atoms with Gasteiger partial charge < -0.3 is 19.6 Å². The smallest absolute Gasteiger partial charge is 0.332 e. The first kappa shape index (κ1) is 11.7. The average molecular weight is 239 g/mol. The lowest BCUT2D eigenvalue weighted by molar-refractivity contribution is -0.151. The van der Waals surface area contributed by atoms with Gasteiger partial charge in [-0.2, -0.15) is 0 Å². The number of carbonyl (C=O) groups excluding carboxylic acids is 1. The van der Waals surface area contributed by atoms with Crippen LogP contribution in [0.1, 0.15) is 18.6 Å². The summed E-state index contributed by atoms with van der Waals surface area (Å²) < 4.78 is 10.2. The van der Waals surface area contributed by atoms with Crippen LogP contribution in [0.4, 0.5) is 0 Å². The molecule has 1 fully saturated rings. The number of hydrogen-bond acceptors (Lipinski definition) is 4. The fourth-order valence-corrected chi connectivity index (χ4v) is 1.71. The van der Waals surface area contributed by atoms with E-state index in [1.165, 1.54) is 6.26 Å². The van der Waals surface area contributed by atoms with E-state index in [0.717, 1.165) is 0 Å². The molecule has 6 nitrogen and oxygen atoms in total. The third-order valence-corrected chi connectivity index (χ3v) is 2.60. The molecule has 92 valence electrons. The molecular weight excluding hydrogens is 226 g/mol. The highest BCUT2D eigenvalue weighted by molar-refractivity contribution is 5.82. The SMILES string of the molecule is O=C(NCc1ccco1)[C@@H]1CC[C@H](C(=O)O)O1. The monoisotopic (exact) mass is 239 g/mol. The molecule has 6 heteroatoms. The van der Waals surface area contributed by atoms with Crippen LogP contribution in [0.15, 0.2) is 22.8 Å². The number of carbonyl (C=O) groups is 2. The van der Waals surface area contributed by atoms with Gasteiger partial charge >= 0.3 is 5.97 Å². The van der Waals surface area contributed by atoms with Crippen LogP contribution in [0.5, 0.6) is 0 Å². The molecule has 0 spiro atoms. The molecule has 1 aliphatic rings. The Morgan fingerprint density at radius 1 is 1.41 bits per heavy atom. The summed E-state index contributed by atoms with van der Waals surface area (Å²) in [6, 6.07) is 3.48. The third kappa shape index (κ3) is 2.85. The Kier molecular flexibility index (Phi) is 3.43. The van der Waals surface area contributed by atoms with Gasteiger partial charge in [-0.25, -0.2) is 4.79 Å². The highest BCUT2D eigenvalue weighted by atomic mass is 16.5.